The molecular weight excluding hydrogens is 371 g/mol. The topological polar surface area (TPSA) is 15.6 Å². The molecule has 1 aliphatic heterocycles. The van der Waals surface area contributed by atoms with E-state index in [1.54, 1.807) is 6.07 Å². The minimum Gasteiger partial charge on any atom is -0.350 e. The van der Waals surface area contributed by atoms with E-state index in [4.69, 9.17) is 28.2 Å². The molecule has 1 aliphatic rings. The van der Waals surface area contributed by atoms with Crippen molar-refractivity contribution in [2.24, 2.45) is 4.99 Å². The third kappa shape index (κ3) is 4.93. The molecular formula is C20H22Cl2N2S. The van der Waals surface area contributed by atoms with Gasteiger partial charge in [-0.15, -0.1) is 0 Å². The monoisotopic (exact) mass is 392 g/mol. The van der Waals surface area contributed by atoms with Crippen LogP contribution in [0.25, 0.3) is 0 Å². The van der Waals surface area contributed by atoms with Crippen LogP contribution in [0.3, 0.4) is 0 Å². The maximum Gasteiger partial charge on any atom is 0.164 e. The number of unbranched alkanes of at least 4 members (excludes halogenated alkanes) is 1. The van der Waals surface area contributed by atoms with Crippen molar-refractivity contribution in [2.75, 3.05) is 13.1 Å². The van der Waals surface area contributed by atoms with Gasteiger partial charge in [0, 0.05) is 18.3 Å². The maximum absolute atomic E-state index is 6.32. The van der Waals surface area contributed by atoms with E-state index >= 15 is 0 Å². The Kier molecular flexibility index (Phi) is 6.69. The molecule has 0 bridgehead atoms. The van der Waals surface area contributed by atoms with Gasteiger partial charge in [0.25, 0.3) is 0 Å². The van der Waals surface area contributed by atoms with E-state index in [2.05, 4.69) is 42.2 Å². The second kappa shape index (κ2) is 8.98. The number of amidine groups is 1. The van der Waals surface area contributed by atoms with Gasteiger partial charge in [-0.05, 0) is 30.5 Å². The van der Waals surface area contributed by atoms with Gasteiger partial charge in [0.2, 0.25) is 0 Å². The molecule has 2 nitrogen and oxygen atoms in total. The molecule has 2 aromatic carbocycles. The van der Waals surface area contributed by atoms with Crippen molar-refractivity contribution in [3.8, 4) is 0 Å². The van der Waals surface area contributed by atoms with E-state index in [0.29, 0.717) is 15.3 Å². The summed E-state index contributed by atoms with van der Waals surface area (Å²) in [7, 11) is 0. The highest BCUT2D eigenvalue weighted by atomic mass is 35.5. The minimum absolute atomic E-state index is 0.510. The highest BCUT2D eigenvalue weighted by Crippen LogP contribution is 2.36. The molecule has 0 aromatic heterocycles. The lowest BCUT2D eigenvalue weighted by atomic mass is 10.1. The van der Waals surface area contributed by atoms with Crippen LogP contribution in [0.15, 0.2) is 53.5 Å². The Morgan fingerprint density at radius 3 is 2.68 bits per heavy atom. The first-order valence-corrected chi connectivity index (χ1v) is 10.3. The average molecular weight is 393 g/mol. The Hall–Kier alpha value is -1.16. The zero-order valence-electron chi connectivity index (χ0n) is 14.3. The van der Waals surface area contributed by atoms with Crippen molar-refractivity contribution in [1.82, 2.24) is 4.90 Å². The van der Waals surface area contributed by atoms with Crippen LogP contribution in [0.5, 0.6) is 0 Å². The number of benzene rings is 2. The quantitative estimate of drug-likeness (QED) is 0.561. The van der Waals surface area contributed by atoms with Gasteiger partial charge in [-0.3, -0.25) is 0 Å². The lowest BCUT2D eigenvalue weighted by Gasteiger charge is -2.18. The van der Waals surface area contributed by atoms with E-state index in [1.807, 2.05) is 23.9 Å². The van der Waals surface area contributed by atoms with Gasteiger partial charge in [0.05, 0.1) is 15.7 Å². The number of hydrogen-bond acceptors (Lipinski definition) is 2. The Bertz CT molecular complexity index is 734. The molecule has 0 radical (unpaired) electrons. The van der Waals surface area contributed by atoms with E-state index in [-0.39, 0.29) is 0 Å². The molecule has 5 heteroatoms. The van der Waals surface area contributed by atoms with Gasteiger partial charge in [-0.1, -0.05) is 84.7 Å². The molecule has 1 heterocycles. The lowest BCUT2D eigenvalue weighted by Crippen LogP contribution is -2.27. The molecule has 2 aromatic rings. The highest BCUT2D eigenvalue weighted by Gasteiger charge is 2.28. The Labute approximate surface area is 164 Å². The standard InChI is InChI=1S/C20H22Cl2N2S/c1-2-3-12-24-14-16(13-15-8-5-4-6-9-15)25-20(24)23-18-11-7-10-17(21)19(18)22/h4-11,16H,2-3,12-14H2,1H3. The number of nitrogens with zero attached hydrogens (tertiary/aromatic N) is 2. The summed E-state index contributed by atoms with van der Waals surface area (Å²) in [4.78, 5) is 7.22. The maximum atomic E-state index is 6.32. The first-order valence-electron chi connectivity index (χ1n) is 8.65. The first kappa shape index (κ1) is 18.6. The minimum atomic E-state index is 0.510. The molecule has 25 heavy (non-hydrogen) atoms. The fourth-order valence-corrected chi connectivity index (χ4v) is 4.51. The van der Waals surface area contributed by atoms with Gasteiger partial charge >= 0.3 is 0 Å². The summed E-state index contributed by atoms with van der Waals surface area (Å²) >= 11 is 14.3. The molecule has 132 valence electrons. The molecule has 1 saturated heterocycles. The van der Waals surface area contributed by atoms with Gasteiger partial charge in [-0.2, -0.15) is 0 Å². The Morgan fingerprint density at radius 2 is 1.92 bits per heavy atom. The predicted molar refractivity (Wildman–Crippen MR) is 112 cm³/mol. The van der Waals surface area contributed by atoms with Gasteiger partial charge in [0.1, 0.15) is 0 Å². The second-order valence-corrected chi connectivity index (χ2v) is 8.25. The van der Waals surface area contributed by atoms with Crippen molar-refractivity contribution in [3.05, 3.63) is 64.1 Å². The smallest absolute Gasteiger partial charge is 0.164 e. The number of thioether (sulfide) groups is 1. The van der Waals surface area contributed by atoms with Crippen LogP contribution < -0.4 is 0 Å². The van der Waals surface area contributed by atoms with Crippen LogP contribution in [-0.2, 0) is 6.42 Å². The van der Waals surface area contributed by atoms with Crippen LogP contribution in [0.4, 0.5) is 5.69 Å². The van der Waals surface area contributed by atoms with Gasteiger partial charge in [0.15, 0.2) is 5.17 Å². The SMILES string of the molecule is CCCCN1CC(Cc2ccccc2)SC1=Nc1cccc(Cl)c1Cl. The van der Waals surface area contributed by atoms with E-state index < -0.39 is 0 Å². The average Bonchev–Trinajstić information content (AvgIpc) is 2.99. The summed E-state index contributed by atoms with van der Waals surface area (Å²) in [5.74, 6) is 0. The molecule has 1 atom stereocenters. The zero-order chi connectivity index (χ0) is 17.6. The van der Waals surface area contributed by atoms with Crippen LogP contribution in [0.1, 0.15) is 25.3 Å². The third-order valence-electron chi connectivity index (χ3n) is 4.20. The number of hydrogen-bond donors (Lipinski definition) is 0. The van der Waals surface area contributed by atoms with Crippen LogP contribution in [0.2, 0.25) is 10.0 Å². The number of halogens is 2. The summed E-state index contributed by atoms with van der Waals surface area (Å²) in [5, 5.41) is 2.64. The summed E-state index contributed by atoms with van der Waals surface area (Å²) in [6.07, 6.45) is 3.40. The Balaban J connectivity index is 1.79. The molecule has 0 N–H and O–H groups in total. The predicted octanol–water partition coefficient (Wildman–Crippen LogP) is 6.44. The molecule has 1 unspecified atom stereocenters. The molecule has 1 fully saturated rings. The molecule has 0 amide bonds. The van der Waals surface area contributed by atoms with Gasteiger partial charge < -0.3 is 4.90 Å². The molecule has 0 saturated carbocycles. The zero-order valence-corrected chi connectivity index (χ0v) is 16.6. The van der Waals surface area contributed by atoms with Crippen molar-refractivity contribution < 1.29 is 0 Å². The van der Waals surface area contributed by atoms with Crippen molar-refractivity contribution in [3.63, 3.8) is 0 Å². The highest BCUT2D eigenvalue weighted by molar-refractivity contribution is 8.14. The number of aliphatic imine (C=N–C) groups is 1. The fraction of sp³-hybridized carbons (Fsp3) is 0.350. The lowest BCUT2D eigenvalue weighted by molar-refractivity contribution is 0.424. The summed E-state index contributed by atoms with van der Waals surface area (Å²) in [6, 6.07) is 16.3. The van der Waals surface area contributed by atoms with Gasteiger partial charge in [-0.25, -0.2) is 4.99 Å². The molecule has 3 rings (SSSR count). The second-order valence-electron chi connectivity index (χ2n) is 6.20. The van der Waals surface area contributed by atoms with Crippen LogP contribution in [0, 0.1) is 0 Å². The summed E-state index contributed by atoms with van der Waals surface area (Å²) < 4.78 is 0. The normalized spacial score (nSPS) is 18.9. The van der Waals surface area contributed by atoms with E-state index in [1.165, 1.54) is 18.4 Å². The largest absolute Gasteiger partial charge is 0.350 e. The van der Waals surface area contributed by atoms with E-state index in [9.17, 15) is 0 Å². The first-order chi connectivity index (χ1) is 12.2. The van der Waals surface area contributed by atoms with Crippen LogP contribution >= 0.6 is 35.0 Å². The molecule has 0 aliphatic carbocycles. The van der Waals surface area contributed by atoms with Crippen molar-refractivity contribution in [1.29, 1.82) is 0 Å². The van der Waals surface area contributed by atoms with Crippen molar-refractivity contribution >= 4 is 45.8 Å². The van der Waals surface area contributed by atoms with Crippen LogP contribution in [-0.4, -0.2) is 28.4 Å². The van der Waals surface area contributed by atoms with Crippen molar-refractivity contribution in [2.45, 2.75) is 31.4 Å². The Morgan fingerprint density at radius 1 is 1.12 bits per heavy atom. The third-order valence-corrected chi connectivity index (χ3v) is 6.22. The number of rotatable bonds is 6. The molecule has 0 spiro atoms. The fourth-order valence-electron chi connectivity index (χ4n) is 2.88. The summed E-state index contributed by atoms with van der Waals surface area (Å²) in [5.41, 5.74) is 2.12. The van der Waals surface area contributed by atoms with E-state index in [0.717, 1.165) is 30.4 Å². The summed E-state index contributed by atoms with van der Waals surface area (Å²) in [6.45, 7) is 4.28.